The second kappa shape index (κ2) is 5.96. The fourth-order valence-corrected chi connectivity index (χ4v) is 2.28. The largest absolute Gasteiger partial charge is 0.355 e. The highest BCUT2D eigenvalue weighted by Crippen LogP contribution is 2.20. The first kappa shape index (κ1) is 12.3. The summed E-state index contributed by atoms with van der Waals surface area (Å²) < 4.78 is 0. The van der Waals surface area contributed by atoms with Crippen LogP contribution in [0.4, 0.5) is 5.82 Å². The van der Waals surface area contributed by atoms with Gasteiger partial charge in [0.1, 0.15) is 5.82 Å². The molecule has 0 bridgehead atoms. The second-order valence-corrected chi connectivity index (χ2v) is 4.84. The molecule has 2 rings (SSSR count). The molecule has 0 amide bonds. The van der Waals surface area contributed by atoms with E-state index in [1.54, 1.807) is 0 Å². The first-order valence-electron chi connectivity index (χ1n) is 6.56. The van der Waals surface area contributed by atoms with Gasteiger partial charge in [0.15, 0.2) is 0 Å². The summed E-state index contributed by atoms with van der Waals surface area (Å²) in [5.41, 5.74) is 1.03. The third-order valence-corrected chi connectivity index (χ3v) is 3.21. The maximum atomic E-state index is 4.67. The van der Waals surface area contributed by atoms with Crippen molar-refractivity contribution in [2.75, 3.05) is 24.5 Å². The Kier molecular flexibility index (Phi) is 4.31. The van der Waals surface area contributed by atoms with Crippen molar-refractivity contribution in [3.8, 4) is 0 Å². The van der Waals surface area contributed by atoms with Crippen LogP contribution in [0.2, 0.25) is 0 Å². The fraction of sp³-hybridized carbons (Fsp3) is 0.692. The topological polar surface area (TPSA) is 41.1 Å². The zero-order chi connectivity index (χ0) is 12.1. The average Bonchev–Trinajstić information content (AvgIpc) is 2.37. The van der Waals surface area contributed by atoms with Gasteiger partial charge in [-0.15, -0.1) is 0 Å². The molecular weight excluding hydrogens is 212 g/mol. The molecule has 1 aliphatic heterocycles. The molecule has 0 radical (unpaired) electrons. The lowest BCUT2D eigenvalue weighted by Gasteiger charge is -2.31. The van der Waals surface area contributed by atoms with Crippen LogP contribution < -0.4 is 10.2 Å². The van der Waals surface area contributed by atoms with E-state index in [0.29, 0.717) is 0 Å². The Balaban J connectivity index is 2.04. The molecule has 1 atom stereocenters. The fourth-order valence-electron chi connectivity index (χ4n) is 2.28. The van der Waals surface area contributed by atoms with Gasteiger partial charge in [0.05, 0.1) is 11.9 Å². The number of nitrogens with one attached hydrogen (secondary N) is 1. The third kappa shape index (κ3) is 3.40. The Hall–Kier alpha value is -1.16. The van der Waals surface area contributed by atoms with Gasteiger partial charge in [0.25, 0.3) is 0 Å². The lowest BCUT2D eigenvalue weighted by atomic mass is 10.0. The molecule has 0 saturated carbocycles. The standard InChI is InChI=1S/C13H22N4/c1-3-14-7-12-8-15-9-13(16-12)17-6-4-5-11(2)10-17/h8-9,11,14H,3-7,10H2,1-2H3. The summed E-state index contributed by atoms with van der Waals surface area (Å²) in [4.78, 5) is 11.3. The van der Waals surface area contributed by atoms with Crippen LogP contribution in [-0.4, -0.2) is 29.6 Å². The van der Waals surface area contributed by atoms with Gasteiger partial charge in [0.2, 0.25) is 0 Å². The summed E-state index contributed by atoms with van der Waals surface area (Å²) in [5, 5.41) is 3.28. The summed E-state index contributed by atoms with van der Waals surface area (Å²) in [5.74, 6) is 1.80. The smallest absolute Gasteiger partial charge is 0.147 e. The van der Waals surface area contributed by atoms with Crippen LogP contribution in [0.5, 0.6) is 0 Å². The lowest BCUT2D eigenvalue weighted by molar-refractivity contribution is 0.444. The number of rotatable bonds is 4. The number of nitrogens with zero attached hydrogens (tertiary/aromatic N) is 3. The highest BCUT2D eigenvalue weighted by atomic mass is 15.2. The summed E-state index contributed by atoms with van der Waals surface area (Å²) in [7, 11) is 0. The monoisotopic (exact) mass is 234 g/mol. The molecule has 94 valence electrons. The van der Waals surface area contributed by atoms with Gasteiger partial charge in [-0.3, -0.25) is 4.98 Å². The number of piperidine rings is 1. The first-order chi connectivity index (χ1) is 8.29. The minimum absolute atomic E-state index is 0.767. The van der Waals surface area contributed by atoms with Crippen molar-refractivity contribution in [1.29, 1.82) is 0 Å². The van der Waals surface area contributed by atoms with Crippen molar-refractivity contribution in [3.05, 3.63) is 18.1 Å². The number of anilines is 1. The van der Waals surface area contributed by atoms with Crippen LogP contribution in [0.3, 0.4) is 0 Å². The molecule has 4 heteroatoms. The third-order valence-electron chi connectivity index (χ3n) is 3.21. The van der Waals surface area contributed by atoms with Crippen molar-refractivity contribution in [3.63, 3.8) is 0 Å². The normalized spacial score (nSPS) is 20.6. The van der Waals surface area contributed by atoms with Crippen molar-refractivity contribution in [2.45, 2.75) is 33.2 Å². The predicted octanol–water partition coefficient (Wildman–Crippen LogP) is 1.82. The van der Waals surface area contributed by atoms with Crippen molar-refractivity contribution < 1.29 is 0 Å². The Morgan fingerprint density at radius 2 is 2.35 bits per heavy atom. The molecule has 1 unspecified atom stereocenters. The Bertz CT molecular complexity index is 353. The van der Waals surface area contributed by atoms with E-state index < -0.39 is 0 Å². The summed E-state index contributed by atoms with van der Waals surface area (Å²) >= 11 is 0. The Labute approximate surface area is 103 Å². The number of hydrogen-bond donors (Lipinski definition) is 1. The van der Waals surface area contributed by atoms with Crippen LogP contribution in [-0.2, 0) is 6.54 Å². The van der Waals surface area contributed by atoms with E-state index in [4.69, 9.17) is 0 Å². The Morgan fingerprint density at radius 3 is 3.12 bits per heavy atom. The first-order valence-corrected chi connectivity index (χ1v) is 6.56. The van der Waals surface area contributed by atoms with E-state index in [1.807, 2.05) is 12.4 Å². The van der Waals surface area contributed by atoms with Gasteiger partial charge in [-0.2, -0.15) is 0 Å². The lowest BCUT2D eigenvalue weighted by Crippen LogP contribution is -2.35. The van der Waals surface area contributed by atoms with Crippen LogP contribution in [0.15, 0.2) is 12.4 Å². The summed E-state index contributed by atoms with van der Waals surface area (Å²) in [6, 6.07) is 0. The second-order valence-electron chi connectivity index (χ2n) is 4.84. The van der Waals surface area contributed by atoms with E-state index in [9.17, 15) is 0 Å². The molecule has 1 fully saturated rings. The highest BCUT2D eigenvalue weighted by Gasteiger charge is 2.17. The van der Waals surface area contributed by atoms with E-state index in [2.05, 4.69) is 34.0 Å². The van der Waals surface area contributed by atoms with E-state index in [-0.39, 0.29) is 0 Å². The van der Waals surface area contributed by atoms with Crippen molar-refractivity contribution in [2.24, 2.45) is 5.92 Å². The molecule has 1 aromatic rings. The maximum Gasteiger partial charge on any atom is 0.147 e. The number of aromatic nitrogens is 2. The molecular formula is C13H22N4. The van der Waals surface area contributed by atoms with Gasteiger partial charge in [-0.05, 0) is 25.3 Å². The van der Waals surface area contributed by atoms with Gasteiger partial charge in [-0.25, -0.2) is 4.98 Å². The average molecular weight is 234 g/mol. The minimum atomic E-state index is 0.767. The molecule has 4 nitrogen and oxygen atoms in total. The minimum Gasteiger partial charge on any atom is -0.355 e. The SMILES string of the molecule is CCNCc1cncc(N2CCCC(C)C2)n1. The van der Waals surface area contributed by atoms with Crippen LogP contribution >= 0.6 is 0 Å². The molecule has 0 aromatic carbocycles. The molecule has 0 aliphatic carbocycles. The quantitative estimate of drug-likeness (QED) is 0.863. The zero-order valence-electron chi connectivity index (χ0n) is 10.8. The van der Waals surface area contributed by atoms with E-state index >= 15 is 0 Å². The van der Waals surface area contributed by atoms with Crippen LogP contribution in [0.1, 0.15) is 32.4 Å². The van der Waals surface area contributed by atoms with Gasteiger partial charge in [0, 0.05) is 25.8 Å². The Morgan fingerprint density at radius 1 is 1.47 bits per heavy atom. The molecule has 0 spiro atoms. The van der Waals surface area contributed by atoms with Crippen LogP contribution in [0, 0.1) is 5.92 Å². The van der Waals surface area contributed by atoms with Gasteiger partial charge >= 0.3 is 0 Å². The van der Waals surface area contributed by atoms with Gasteiger partial charge < -0.3 is 10.2 Å². The molecule has 1 N–H and O–H groups in total. The zero-order valence-corrected chi connectivity index (χ0v) is 10.8. The van der Waals surface area contributed by atoms with E-state index in [0.717, 1.165) is 43.6 Å². The maximum absolute atomic E-state index is 4.67. The van der Waals surface area contributed by atoms with Crippen molar-refractivity contribution in [1.82, 2.24) is 15.3 Å². The van der Waals surface area contributed by atoms with Crippen molar-refractivity contribution >= 4 is 5.82 Å². The molecule has 2 heterocycles. The summed E-state index contributed by atoms with van der Waals surface area (Å²) in [6.45, 7) is 8.40. The summed E-state index contributed by atoms with van der Waals surface area (Å²) in [6.07, 6.45) is 6.33. The molecule has 1 saturated heterocycles. The number of hydrogen-bond acceptors (Lipinski definition) is 4. The van der Waals surface area contributed by atoms with Crippen LogP contribution in [0.25, 0.3) is 0 Å². The van der Waals surface area contributed by atoms with E-state index in [1.165, 1.54) is 12.8 Å². The predicted molar refractivity (Wildman–Crippen MR) is 70.0 cm³/mol. The molecule has 17 heavy (non-hydrogen) atoms. The molecule has 1 aliphatic rings. The highest BCUT2D eigenvalue weighted by molar-refractivity contribution is 5.36. The molecule has 1 aromatic heterocycles. The van der Waals surface area contributed by atoms with Gasteiger partial charge in [-0.1, -0.05) is 13.8 Å².